The first-order valence-corrected chi connectivity index (χ1v) is 8.37. The van der Waals surface area contributed by atoms with Crippen LogP contribution in [0.2, 0.25) is 0 Å². The number of nitrogens with one attached hydrogen (secondary N) is 1. The van der Waals surface area contributed by atoms with Crippen molar-refractivity contribution in [2.75, 3.05) is 18.5 Å². The average Bonchev–Trinajstić information content (AvgIpc) is 3.00. The van der Waals surface area contributed by atoms with Gasteiger partial charge in [0.15, 0.2) is 5.82 Å². The lowest BCUT2D eigenvalue weighted by Gasteiger charge is -2.25. The van der Waals surface area contributed by atoms with E-state index in [9.17, 15) is 0 Å². The summed E-state index contributed by atoms with van der Waals surface area (Å²) in [4.78, 5) is 3.60. The standard InChI is InChI=1S/C16H24N4S/c1-4-9-17-12-14-7-8-16(19-18-14)20(3)13(2)11-15-6-5-10-21-15/h5-8,10,13,17H,4,9,11-12H2,1-3H3. The lowest BCUT2D eigenvalue weighted by Crippen LogP contribution is -2.31. The van der Waals surface area contributed by atoms with Gasteiger partial charge in [-0.05, 0) is 43.5 Å². The Kier molecular flexibility index (Phi) is 6.14. The third kappa shape index (κ3) is 4.79. The molecule has 5 heteroatoms. The molecule has 2 aromatic rings. The van der Waals surface area contributed by atoms with Crippen LogP contribution in [-0.4, -0.2) is 29.8 Å². The molecule has 0 aliphatic heterocycles. The van der Waals surface area contributed by atoms with Crippen LogP contribution in [0.25, 0.3) is 0 Å². The van der Waals surface area contributed by atoms with Crippen molar-refractivity contribution in [2.24, 2.45) is 0 Å². The van der Waals surface area contributed by atoms with E-state index in [0.717, 1.165) is 37.4 Å². The van der Waals surface area contributed by atoms with Crippen LogP contribution in [0.1, 0.15) is 30.8 Å². The molecule has 2 aromatic heterocycles. The molecule has 0 amide bonds. The normalized spacial score (nSPS) is 12.3. The van der Waals surface area contributed by atoms with Crippen LogP contribution in [0, 0.1) is 0 Å². The van der Waals surface area contributed by atoms with Gasteiger partial charge in [-0.15, -0.1) is 16.4 Å². The first kappa shape index (κ1) is 15.9. The van der Waals surface area contributed by atoms with Crippen molar-refractivity contribution in [3.8, 4) is 0 Å². The van der Waals surface area contributed by atoms with Gasteiger partial charge >= 0.3 is 0 Å². The second kappa shape index (κ2) is 8.10. The van der Waals surface area contributed by atoms with E-state index in [1.54, 1.807) is 11.3 Å². The van der Waals surface area contributed by atoms with Crippen LogP contribution in [0.4, 0.5) is 5.82 Å². The summed E-state index contributed by atoms with van der Waals surface area (Å²) in [5, 5.41) is 14.1. The van der Waals surface area contributed by atoms with E-state index in [0.29, 0.717) is 6.04 Å². The lowest BCUT2D eigenvalue weighted by atomic mass is 10.2. The fourth-order valence-electron chi connectivity index (χ4n) is 2.11. The molecule has 21 heavy (non-hydrogen) atoms. The van der Waals surface area contributed by atoms with E-state index in [-0.39, 0.29) is 0 Å². The van der Waals surface area contributed by atoms with Crippen molar-refractivity contribution >= 4 is 17.2 Å². The number of hydrogen-bond acceptors (Lipinski definition) is 5. The molecule has 0 radical (unpaired) electrons. The largest absolute Gasteiger partial charge is 0.355 e. The summed E-state index contributed by atoms with van der Waals surface area (Å²) in [5.74, 6) is 0.929. The van der Waals surface area contributed by atoms with Gasteiger partial charge in [-0.2, -0.15) is 5.10 Å². The molecule has 0 spiro atoms. The molecule has 0 bridgehead atoms. The summed E-state index contributed by atoms with van der Waals surface area (Å²) in [6, 6.07) is 8.80. The number of aromatic nitrogens is 2. The van der Waals surface area contributed by atoms with E-state index in [4.69, 9.17) is 0 Å². The maximum absolute atomic E-state index is 4.35. The number of rotatable bonds is 8. The third-order valence-corrected chi connectivity index (χ3v) is 4.44. The predicted octanol–water partition coefficient (Wildman–Crippen LogP) is 3.11. The Morgan fingerprint density at radius 2 is 2.14 bits per heavy atom. The summed E-state index contributed by atoms with van der Waals surface area (Å²) in [7, 11) is 2.08. The molecule has 0 aliphatic rings. The van der Waals surface area contributed by atoms with Crippen LogP contribution in [0.5, 0.6) is 0 Å². The molecule has 2 heterocycles. The van der Waals surface area contributed by atoms with Crippen LogP contribution < -0.4 is 10.2 Å². The predicted molar refractivity (Wildman–Crippen MR) is 89.9 cm³/mol. The quantitative estimate of drug-likeness (QED) is 0.761. The molecule has 0 saturated heterocycles. The van der Waals surface area contributed by atoms with E-state index >= 15 is 0 Å². The van der Waals surface area contributed by atoms with Gasteiger partial charge < -0.3 is 10.2 Å². The molecular weight excluding hydrogens is 280 g/mol. The molecule has 0 aliphatic carbocycles. The molecule has 1 unspecified atom stereocenters. The van der Waals surface area contributed by atoms with Crippen molar-refractivity contribution in [1.82, 2.24) is 15.5 Å². The maximum atomic E-state index is 4.35. The van der Waals surface area contributed by atoms with Gasteiger partial charge in [0.2, 0.25) is 0 Å². The zero-order valence-corrected chi connectivity index (χ0v) is 13.9. The van der Waals surface area contributed by atoms with Crippen molar-refractivity contribution in [2.45, 2.75) is 39.3 Å². The minimum Gasteiger partial charge on any atom is -0.355 e. The minimum absolute atomic E-state index is 0.405. The van der Waals surface area contributed by atoms with Crippen LogP contribution in [0.3, 0.4) is 0 Å². The second-order valence-electron chi connectivity index (χ2n) is 5.30. The second-order valence-corrected chi connectivity index (χ2v) is 6.34. The fourth-order valence-corrected chi connectivity index (χ4v) is 2.94. The first-order chi connectivity index (χ1) is 10.2. The first-order valence-electron chi connectivity index (χ1n) is 7.49. The summed E-state index contributed by atoms with van der Waals surface area (Å²) in [5.41, 5.74) is 0.992. The SMILES string of the molecule is CCCNCc1ccc(N(C)C(C)Cc2cccs2)nn1. The highest BCUT2D eigenvalue weighted by Crippen LogP contribution is 2.17. The number of nitrogens with zero attached hydrogens (tertiary/aromatic N) is 3. The summed E-state index contributed by atoms with van der Waals surface area (Å²) in [6.45, 7) is 6.18. The summed E-state index contributed by atoms with van der Waals surface area (Å²) in [6.07, 6.45) is 2.17. The highest BCUT2D eigenvalue weighted by atomic mass is 32.1. The van der Waals surface area contributed by atoms with Gasteiger partial charge in [-0.25, -0.2) is 0 Å². The van der Waals surface area contributed by atoms with Gasteiger partial charge in [-0.1, -0.05) is 13.0 Å². The zero-order valence-electron chi connectivity index (χ0n) is 13.0. The number of thiophene rings is 1. The molecular formula is C16H24N4S. The number of hydrogen-bond donors (Lipinski definition) is 1. The molecule has 0 fully saturated rings. The molecule has 114 valence electrons. The Bertz CT molecular complexity index is 510. The number of likely N-dealkylation sites (N-methyl/N-ethyl adjacent to an activating group) is 1. The van der Waals surface area contributed by atoms with Crippen molar-refractivity contribution in [1.29, 1.82) is 0 Å². The zero-order chi connectivity index (χ0) is 15.1. The van der Waals surface area contributed by atoms with Gasteiger partial charge in [0.1, 0.15) is 0 Å². The van der Waals surface area contributed by atoms with Gasteiger partial charge in [0, 0.05) is 30.9 Å². The Balaban J connectivity index is 1.91. The molecule has 0 saturated carbocycles. The smallest absolute Gasteiger partial charge is 0.151 e. The van der Waals surface area contributed by atoms with Crippen molar-refractivity contribution in [3.63, 3.8) is 0 Å². The molecule has 2 rings (SSSR count). The average molecular weight is 304 g/mol. The molecule has 0 aromatic carbocycles. The fraction of sp³-hybridized carbons (Fsp3) is 0.500. The van der Waals surface area contributed by atoms with Crippen LogP contribution in [-0.2, 0) is 13.0 Å². The molecule has 1 atom stereocenters. The summed E-state index contributed by atoms with van der Waals surface area (Å²) < 4.78 is 0. The van der Waals surface area contributed by atoms with E-state index in [1.807, 2.05) is 0 Å². The summed E-state index contributed by atoms with van der Waals surface area (Å²) >= 11 is 1.81. The van der Waals surface area contributed by atoms with Gasteiger partial charge in [-0.3, -0.25) is 0 Å². The maximum Gasteiger partial charge on any atom is 0.151 e. The molecule has 1 N–H and O–H groups in total. The Morgan fingerprint density at radius 1 is 1.29 bits per heavy atom. The molecule has 4 nitrogen and oxygen atoms in total. The van der Waals surface area contributed by atoms with Gasteiger partial charge in [0.25, 0.3) is 0 Å². The Labute approximate surface area is 131 Å². The topological polar surface area (TPSA) is 41.0 Å². The minimum atomic E-state index is 0.405. The van der Waals surface area contributed by atoms with Gasteiger partial charge in [0.05, 0.1) is 5.69 Å². The van der Waals surface area contributed by atoms with Crippen LogP contribution >= 0.6 is 11.3 Å². The lowest BCUT2D eigenvalue weighted by molar-refractivity contribution is 0.647. The van der Waals surface area contributed by atoms with E-state index < -0.39 is 0 Å². The monoisotopic (exact) mass is 304 g/mol. The third-order valence-electron chi connectivity index (χ3n) is 3.54. The van der Waals surface area contributed by atoms with Crippen molar-refractivity contribution < 1.29 is 0 Å². The Morgan fingerprint density at radius 3 is 2.76 bits per heavy atom. The highest BCUT2D eigenvalue weighted by molar-refractivity contribution is 7.09. The highest BCUT2D eigenvalue weighted by Gasteiger charge is 2.13. The van der Waals surface area contributed by atoms with E-state index in [1.165, 1.54) is 4.88 Å². The Hall–Kier alpha value is -1.46. The van der Waals surface area contributed by atoms with E-state index in [2.05, 4.69) is 71.0 Å². The number of anilines is 1. The van der Waals surface area contributed by atoms with Crippen LogP contribution in [0.15, 0.2) is 29.6 Å². The van der Waals surface area contributed by atoms with Crippen molar-refractivity contribution in [3.05, 3.63) is 40.2 Å².